The number of benzene rings is 1. The molecule has 0 aliphatic rings. The van der Waals surface area contributed by atoms with Crippen LogP contribution in [0.1, 0.15) is 31.4 Å². The monoisotopic (exact) mass is 213 g/mol. The van der Waals surface area contributed by atoms with Crippen molar-refractivity contribution < 1.29 is 13.6 Å². The standard InChI is InChI=1S/C11H13F2NO/c1-8(2)15-14-7-9-5-3-4-6-10(9)11(12)13/h3-8,11H,1-2H3. The van der Waals surface area contributed by atoms with Crippen molar-refractivity contribution in [1.29, 1.82) is 0 Å². The fraction of sp³-hybridized carbons (Fsp3) is 0.364. The van der Waals surface area contributed by atoms with Gasteiger partial charge in [0.2, 0.25) is 0 Å². The number of halogens is 2. The van der Waals surface area contributed by atoms with Gasteiger partial charge in [-0.05, 0) is 13.8 Å². The van der Waals surface area contributed by atoms with Crippen LogP contribution in [0.5, 0.6) is 0 Å². The number of hydrogen-bond acceptors (Lipinski definition) is 2. The van der Waals surface area contributed by atoms with Crippen LogP contribution in [0.2, 0.25) is 0 Å². The Kier molecular flexibility index (Phi) is 4.21. The van der Waals surface area contributed by atoms with E-state index in [0.717, 1.165) is 0 Å². The van der Waals surface area contributed by atoms with Gasteiger partial charge in [-0.2, -0.15) is 0 Å². The number of nitrogens with zero attached hydrogens (tertiary/aromatic N) is 1. The molecule has 2 nitrogen and oxygen atoms in total. The molecular weight excluding hydrogens is 200 g/mol. The van der Waals surface area contributed by atoms with Gasteiger partial charge >= 0.3 is 0 Å². The van der Waals surface area contributed by atoms with Crippen molar-refractivity contribution >= 4 is 6.21 Å². The van der Waals surface area contributed by atoms with Crippen molar-refractivity contribution in [3.8, 4) is 0 Å². The highest BCUT2D eigenvalue weighted by atomic mass is 19.3. The lowest BCUT2D eigenvalue weighted by Crippen LogP contribution is -1.98. The van der Waals surface area contributed by atoms with E-state index in [1.807, 2.05) is 13.8 Å². The first-order chi connectivity index (χ1) is 7.11. The zero-order valence-electron chi connectivity index (χ0n) is 8.65. The molecule has 1 aromatic carbocycles. The van der Waals surface area contributed by atoms with Gasteiger partial charge in [0.25, 0.3) is 6.43 Å². The van der Waals surface area contributed by atoms with Crippen LogP contribution in [0.25, 0.3) is 0 Å². The molecule has 0 fully saturated rings. The molecule has 0 heterocycles. The highest BCUT2D eigenvalue weighted by Gasteiger charge is 2.10. The second-order valence-corrected chi connectivity index (χ2v) is 3.32. The molecule has 0 atom stereocenters. The zero-order valence-corrected chi connectivity index (χ0v) is 8.65. The van der Waals surface area contributed by atoms with Crippen molar-refractivity contribution in [3.63, 3.8) is 0 Å². The minimum Gasteiger partial charge on any atom is -0.393 e. The first-order valence-electron chi connectivity index (χ1n) is 4.67. The van der Waals surface area contributed by atoms with E-state index >= 15 is 0 Å². The Morgan fingerprint density at radius 1 is 1.27 bits per heavy atom. The predicted octanol–water partition coefficient (Wildman–Crippen LogP) is 3.38. The summed E-state index contributed by atoms with van der Waals surface area (Å²) in [6, 6.07) is 6.21. The van der Waals surface area contributed by atoms with Gasteiger partial charge in [0.1, 0.15) is 6.10 Å². The van der Waals surface area contributed by atoms with Crippen molar-refractivity contribution in [3.05, 3.63) is 35.4 Å². The minimum absolute atomic E-state index is 0.0337. The van der Waals surface area contributed by atoms with E-state index in [0.29, 0.717) is 5.56 Å². The van der Waals surface area contributed by atoms with Crippen LogP contribution in [0, 0.1) is 0 Å². The van der Waals surface area contributed by atoms with Crippen LogP contribution in [-0.2, 0) is 4.84 Å². The molecule has 0 unspecified atom stereocenters. The largest absolute Gasteiger partial charge is 0.393 e. The Balaban J connectivity index is 2.80. The second-order valence-electron chi connectivity index (χ2n) is 3.32. The SMILES string of the molecule is CC(C)ON=Cc1ccccc1C(F)F. The molecule has 4 heteroatoms. The topological polar surface area (TPSA) is 21.6 Å². The van der Waals surface area contributed by atoms with Crippen LogP contribution in [0.4, 0.5) is 8.78 Å². The molecule has 0 bridgehead atoms. The molecular formula is C11H13F2NO. The van der Waals surface area contributed by atoms with E-state index in [4.69, 9.17) is 4.84 Å². The van der Waals surface area contributed by atoms with Gasteiger partial charge in [-0.15, -0.1) is 0 Å². The molecule has 1 aromatic rings. The van der Waals surface area contributed by atoms with Crippen LogP contribution < -0.4 is 0 Å². The van der Waals surface area contributed by atoms with Crippen LogP contribution in [-0.4, -0.2) is 12.3 Å². The second kappa shape index (κ2) is 5.44. The summed E-state index contributed by atoms with van der Waals surface area (Å²) in [5, 5.41) is 3.63. The third kappa shape index (κ3) is 3.65. The first-order valence-corrected chi connectivity index (χ1v) is 4.67. The maximum Gasteiger partial charge on any atom is 0.264 e. The maximum atomic E-state index is 12.5. The van der Waals surface area contributed by atoms with Gasteiger partial charge in [-0.1, -0.05) is 29.4 Å². The van der Waals surface area contributed by atoms with Crippen LogP contribution in [0.15, 0.2) is 29.4 Å². The zero-order chi connectivity index (χ0) is 11.3. The first kappa shape index (κ1) is 11.6. The van der Waals surface area contributed by atoms with Crippen molar-refractivity contribution in [2.24, 2.45) is 5.16 Å². The number of rotatable bonds is 4. The van der Waals surface area contributed by atoms with E-state index < -0.39 is 6.43 Å². The fourth-order valence-electron chi connectivity index (χ4n) is 1.04. The number of oxime groups is 1. The lowest BCUT2D eigenvalue weighted by molar-refractivity contribution is 0.0873. The highest BCUT2D eigenvalue weighted by Crippen LogP contribution is 2.21. The Labute approximate surface area is 87.6 Å². The minimum atomic E-state index is -2.49. The highest BCUT2D eigenvalue weighted by molar-refractivity contribution is 5.81. The fourth-order valence-corrected chi connectivity index (χ4v) is 1.04. The van der Waals surface area contributed by atoms with Gasteiger partial charge in [-0.25, -0.2) is 8.78 Å². The summed E-state index contributed by atoms with van der Waals surface area (Å²) in [6.45, 7) is 3.63. The molecule has 1 rings (SSSR count). The molecule has 0 amide bonds. The summed E-state index contributed by atoms with van der Waals surface area (Å²) in [4.78, 5) is 4.91. The van der Waals surface area contributed by atoms with E-state index in [1.54, 1.807) is 18.2 Å². The van der Waals surface area contributed by atoms with Gasteiger partial charge in [-0.3, -0.25) is 0 Å². The average molecular weight is 213 g/mol. The van der Waals surface area contributed by atoms with E-state index in [1.165, 1.54) is 12.3 Å². The van der Waals surface area contributed by atoms with Gasteiger partial charge in [0, 0.05) is 11.1 Å². The Morgan fingerprint density at radius 2 is 1.93 bits per heavy atom. The maximum absolute atomic E-state index is 12.5. The molecule has 0 aliphatic heterocycles. The van der Waals surface area contributed by atoms with Crippen molar-refractivity contribution in [1.82, 2.24) is 0 Å². The van der Waals surface area contributed by atoms with E-state index in [9.17, 15) is 8.78 Å². The number of hydrogen-bond donors (Lipinski definition) is 0. The molecule has 0 N–H and O–H groups in total. The normalized spacial score (nSPS) is 11.6. The Hall–Kier alpha value is -1.45. The van der Waals surface area contributed by atoms with E-state index in [2.05, 4.69) is 5.16 Å². The molecule has 82 valence electrons. The summed E-state index contributed by atoms with van der Waals surface area (Å²) in [5.41, 5.74) is 0.349. The molecule has 0 spiro atoms. The lowest BCUT2D eigenvalue weighted by atomic mass is 10.1. The third-order valence-electron chi connectivity index (χ3n) is 1.69. The summed E-state index contributed by atoms with van der Waals surface area (Å²) >= 11 is 0. The quantitative estimate of drug-likeness (QED) is 0.555. The van der Waals surface area contributed by atoms with Gasteiger partial charge < -0.3 is 4.84 Å². The Bertz CT molecular complexity index is 337. The van der Waals surface area contributed by atoms with Crippen molar-refractivity contribution in [2.45, 2.75) is 26.4 Å². The van der Waals surface area contributed by atoms with E-state index in [-0.39, 0.29) is 11.7 Å². The number of alkyl halides is 2. The molecule has 0 saturated carbocycles. The summed E-state index contributed by atoms with van der Waals surface area (Å²) in [7, 11) is 0. The smallest absolute Gasteiger partial charge is 0.264 e. The lowest BCUT2D eigenvalue weighted by Gasteiger charge is -2.04. The van der Waals surface area contributed by atoms with Gasteiger partial charge in [0.05, 0.1) is 6.21 Å². The van der Waals surface area contributed by atoms with Crippen molar-refractivity contribution in [2.75, 3.05) is 0 Å². The molecule has 0 saturated heterocycles. The van der Waals surface area contributed by atoms with Crippen LogP contribution in [0.3, 0.4) is 0 Å². The predicted molar refractivity (Wildman–Crippen MR) is 55.2 cm³/mol. The Morgan fingerprint density at radius 3 is 2.53 bits per heavy atom. The molecule has 0 aliphatic carbocycles. The molecule has 0 aromatic heterocycles. The summed E-state index contributed by atoms with van der Waals surface area (Å²) in [6.07, 6.45) is -1.24. The summed E-state index contributed by atoms with van der Waals surface area (Å²) in [5.74, 6) is 0. The average Bonchev–Trinajstić information content (AvgIpc) is 2.17. The van der Waals surface area contributed by atoms with Gasteiger partial charge in [0.15, 0.2) is 0 Å². The van der Waals surface area contributed by atoms with Crippen LogP contribution >= 0.6 is 0 Å². The third-order valence-corrected chi connectivity index (χ3v) is 1.69. The molecule has 0 radical (unpaired) electrons. The summed E-state index contributed by atoms with van der Waals surface area (Å²) < 4.78 is 25.0. The molecule has 15 heavy (non-hydrogen) atoms.